The van der Waals surface area contributed by atoms with Gasteiger partial charge in [-0.25, -0.2) is 0 Å². The molecule has 0 saturated carbocycles. The Morgan fingerprint density at radius 1 is 1.11 bits per heavy atom. The highest BCUT2D eigenvalue weighted by Gasteiger charge is 2.31. The molecule has 2 heterocycles. The number of likely N-dealkylation sites (tertiary alicyclic amines) is 1. The Labute approximate surface area is 118 Å². The molecule has 0 N–H and O–H groups in total. The summed E-state index contributed by atoms with van der Waals surface area (Å²) in [5.74, 6) is 0. The SMILES string of the molecule is C/C=C(\CCN1CCCC1)C(C)(C)N1CCOCC1. The van der Waals surface area contributed by atoms with Crippen LogP contribution in [0.3, 0.4) is 0 Å². The zero-order chi connectivity index (χ0) is 13.7. The summed E-state index contributed by atoms with van der Waals surface area (Å²) in [4.78, 5) is 5.19. The van der Waals surface area contributed by atoms with Crippen LogP contribution in [0, 0.1) is 0 Å². The molecule has 0 aromatic rings. The molecule has 0 bridgehead atoms. The van der Waals surface area contributed by atoms with Crippen molar-refractivity contribution in [1.29, 1.82) is 0 Å². The molecule has 0 spiro atoms. The van der Waals surface area contributed by atoms with Crippen molar-refractivity contribution in [3.63, 3.8) is 0 Å². The summed E-state index contributed by atoms with van der Waals surface area (Å²) in [6.07, 6.45) is 6.32. The van der Waals surface area contributed by atoms with Crippen LogP contribution >= 0.6 is 0 Å². The number of rotatable bonds is 5. The van der Waals surface area contributed by atoms with Crippen LogP contribution in [0.15, 0.2) is 11.6 Å². The third-order valence-electron chi connectivity index (χ3n) is 4.83. The van der Waals surface area contributed by atoms with Crippen LogP contribution in [0.2, 0.25) is 0 Å². The molecule has 0 unspecified atom stereocenters. The molecule has 0 atom stereocenters. The summed E-state index contributed by atoms with van der Waals surface area (Å²) in [6.45, 7) is 14.7. The first-order valence-electron chi connectivity index (χ1n) is 7.85. The highest BCUT2D eigenvalue weighted by Crippen LogP contribution is 2.28. The highest BCUT2D eigenvalue weighted by atomic mass is 16.5. The van der Waals surface area contributed by atoms with E-state index in [0.717, 1.165) is 26.3 Å². The van der Waals surface area contributed by atoms with Crippen LogP contribution < -0.4 is 0 Å². The van der Waals surface area contributed by atoms with E-state index in [1.807, 2.05) is 0 Å². The molecule has 2 aliphatic rings. The van der Waals surface area contributed by atoms with Crippen molar-refractivity contribution in [2.45, 2.75) is 45.6 Å². The van der Waals surface area contributed by atoms with Gasteiger partial charge in [0, 0.05) is 25.2 Å². The molecule has 0 radical (unpaired) electrons. The minimum Gasteiger partial charge on any atom is -0.379 e. The van der Waals surface area contributed by atoms with Gasteiger partial charge >= 0.3 is 0 Å². The van der Waals surface area contributed by atoms with E-state index in [1.54, 1.807) is 5.57 Å². The molecule has 0 aromatic carbocycles. The quantitative estimate of drug-likeness (QED) is 0.711. The van der Waals surface area contributed by atoms with Gasteiger partial charge in [0.1, 0.15) is 0 Å². The highest BCUT2D eigenvalue weighted by molar-refractivity contribution is 5.18. The standard InChI is InChI=1S/C16H30N2O/c1-4-15(7-10-17-8-5-6-9-17)16(2,3)18-11-13-19-14-12-18/h4H,5-14H2,1-3H3/b15-4+. The van der Waals surface area contributed by atoms with E-state index in [2.05, 4.69) is 36.6 Å². The fourth-order valence-corrected chi connectivity index (χ4v) is 3.41. The Balaban J connectivity index is 1.90. The number of hydrogen-bond acceptors (Lipinski definition) is 3. The molecule has 0 aromatic heterocycles. The maximum absolute atomic E-state index is 5.48. The first kappa shape index (κ1) is 15.0. The van der Waals surface area contributed by atoms with Crippen LogP contribution in [0.1, 0.15) is 40.0 Å². The Kier molecular flexibility index (Phi) is 5.43. The summed E-state index contributed by atoms with van der Waals surface area (Å²) >= 11 is 0. The Morgan fingerprint density at radius 2 is 1.74 bits per heavy atom. The zero-order valence-electron chi connectivity index (χ0n) is 13.0. The first-order chi connectivity index (χ1) is 9.14. The second-order valence-corrected chi connectivity index (χ2v) is 6.27. The lowest BCUT2D eigenvalue weighted by molar-refractivity contribution is 0.000288. The van der Waals surface area contributed by atoms with E-state index >= 15 is 0 Å². The minimum atomic E-state index is 0.179. The molecule has 110 valence electrons. The van der Waals surface area contributed by atoms with Gasteiger partial charge in [0.2, 0.25) is 0 Å². The lowest BCUT2D eigenvalue weighted by Crippen LogP contribution is -2.51. The number of allylic oxidation sites excluding steroid dienone is 1. The second kappa shape index (κ2) is 6.87. The normalized spacial score (nSPS) is 24.1. The molecule has 2 aliphatic heterocycles. The van der Waals surface area contributed by atoms with Gasteiger partial charge in [-0.3, -0.25) is 4.90 Å². The Hall–Kier alpha value is -0.380. The van der Waals surface area contributed by atoms with E-state index < -0.39 is 0 Å². The molecule has 0 aliphatic carbocycles. The third-order valence-corrected chi connectivity index (χ3v) is 4.83. The maximum Gasteiger partial charge on any atom is 0.0594 e. The maximum atomic E-state index is 5.48. The van der Waals surface area contributed by atoms with Crippen LogP contribution in [0.4, 0.5) is 0 Å². The Morgan fingerprint density at radius 3 is 2.32 bits per heavy atom. The van der Waals surface area contributed by atoms with E-state index in [4.69, 9.17) is 4.74 Å². The summed E-state index contributed by atoms with van der Waals surface area (Å²) in [6, 6.07) is 0. The van der Waals surface area contributed by atoms with E-state index in [-0.39, 0.29) is 5.54 Å². The lowest BCUT2D eigenvalue weighted by Gasteiger charge is -2.43. The fraction of sp³-hybridized carbons (Fsp3) is 0.875. The average Bonchev–Trinajstić information content (AvgIpc) is 2.93. The van der Waals surface area contributed by atoms with E-state index in [1.165, 1.54) is 38.9 Å². The summed E-state index contributed by atoms with van der Waals surface area (Å²) in [5, 5.41) is 0. The molecule has 3 heteroatoms. The molecule has 19 heavy (non-hydrogen) atoms. The molecule has 2 rings (SSSR count). The van der Waals surface area contributed by atoms with Crippen molar-refractivity contribution in [2.24, 2.45) is 0 Å². The minimum absolute atomic E-state index is 0.179. The van der Waals surface area contributed by atoms with Gasteiger partial charge in [0.25, 0.3) is 0 Å². The second-order valence-electron chi connectivity index (χ2n) is 6.27. The average molecular weight is 266 g/mol. The number of morpholine rings is 1. The van der Waals surface area contributed by atoms with Gasteiger partial charge in [-0.15, -0.1) is 0 Å². The van der Waals surface area contributed by atoms with E-state index in [9.17, 15) is 0 Å². The largest absolute Gasteiger partial charge is 0.379 e. The van der Waals surface area contributed by atoms with Crippen molar-refractivity contribution in [1.82, 2.24) is 9.80 Å². The van der Waals surface area contributed by atoms with Crippen molar-refractivity contribution in [2.75, 3.05) is 45.9 Å². The van der Waals surface area contributed by atoms with Gasteiger partial charge in [0.05, 0.1) is 13.2 Å². The van der Waals surface area contributed by atoms with Gasteiger partial charge in [-0.05, 0) is 53.1 Å². The smallest absolute Gasteiger partial charge is 0.0594 e. The molecule has 2 saturated heterocycles. The van der Waals surface area contributed by atoms with Gasteiger partial charge in [-0.1, -0.05) is 11.6 Å². The van der Waals surface area contributed by atoms with E-state index in [0.29, 0.717) is 0 Å². The summed E-state index contributed by atoms with van der Waals surface area (Å²) < 4.78 is 5.48. The molecule has 2 fully saturated rings. The molecular weight excluding hydrogens is 236 g/mol. The predicted molar refractivity (Wildman–Crippen MR) is 80.5 cm³/mol. The number of hydrogen-bond donors (Lipinski definition) is 0. The molecule has 0 amide bonds. The first-order valence-corrected chi connectivity index (χ1v) is 7.85. The van der Waals surface area contributed by atoms with Crippen LogP contribution in [0.5, 0.6) is 0 Å². The van der Waals surface area contributed by atoms with Crippen molar-refractivity contribution in [3.05, 3.63) is 11.6 Å². The summed E-state index contributed by atoms with van der Waals surface area (Å²) in [7, 11) is 0. The lowest BCUT2D eigenvalue weighted by atomic mass is 9.88. The predicted octanol–water partition coefficient (Wildman–Crippen LogP) is 2.53. The van der Waals surface area contributed by atoms with Crippen LogP contribution in [0.25, 0.3) is 0 Å². The van der Waals surface area contributed by atoms with Gasteiger partial charge in [-0.2, -0.15) is 0 Å². The van der Waals surface area contributed by atoms with Crippen LogP contribution in [-0.4, -0.2) is 61.3 Å². The number of ether oxygens (including phenoxy) is 1. The fourth-order valence-electron chi connectivity index (χ4n) is 3.41. The topological polar surface area (TPSA) is 15.7 Å². The number of nitrogens with zero attached hydrogens (tertiary/aromatic N) is 2. The molecule has 3 nitrogen and oxygen atoms in total. The van der Waals surface area contributed by atoms with Crippen LogP contribution in [-0.2, 0) is 4.74 Å². The molecular formula is C16H30N2O. The van der Waals surface area contributed by atoms with Gasteiger partial charge < -0.3 is 9.64 Å². The van der Waals surface area contributed by atoms with Gasteiger partial charge in [0.15, 0.2) is 0 Å². The monoisotopic (exact) mass is 266 g/mol. The van der Waals surface area contributed by atoms with Crippen molar-refractivity contribution >= 4 is 0 Å². The Bertz CT molecular complexity index is 300. The van der Waals surface area contributed by atoms with Crippen molar-refractivity contribution < 1.29 is 4.74 Å². The third kappa shape index (κ3) is 3.80. The zero-order valence-corrected chi connectivity index (χ0v) is 13.0. The summed E-state index contributed by atoms with van der Waals surface area (Å²) in [5.41, 5.74) is 1.76. The van der Waals surface area contributed by atoms with Crippen molar-refractivity contribution in [3.8, 4) is 0 Å².